The quantitative estimate of drug-likeness (QED) is 0.690. The summed E-state index contributed by atoms with van der Waals surface area (Å²) >= 11 is 0. The Balaban J connectivity index is 2.06. The minimum atomic E-state index is 0.427. The first-order valence-corrected chi connectivity index (χ1v) is 6.64. The molecule has 1 nitrogen and oxygen atoms in total. The molecule has 17 heavy (non-hydrogen) atoms. The van der Waals surface area contributed by atoms with E-state index in [0.29, 0.717) is 5.41 Å². The van der Waals surface area contributed by atoms with Crippen LogP contribution in [0.2, 0.25) is 0 Å². The van der Waals surface area contributed by atoms with Crippen molar-refractivity contribution in [2.45, 2.75) is 40.0 Å². The van der Waals surface area contributed by atoms with Crippen molar-refractivity contribution >= 4 is 10.9 Å². The van der Waals surface area contributed by atoms with Gasteiger partial charge in [-0.3, -0.25) is 0 Å². The zero-order valence-electron chi connectivity index (χ0n) is 11.0. The second-order valence-electron chi connectivity index (χ2n) is 6.43. The summed E-state index contributed by atoms with van der Waals surface area (Å²) in [5.41, 5.74) is 4.79. The molecule has 1 atom stereocenters. The Bertz CT molecular complexity index is 542. The highest BCUT2D eigenvalue weighted by Crippen LogP contribution is 2.39. The second-order valence-corrected chi connectivity index (χ2v) is 6.43. The summed E-state index contributed by atoms with van der Waals surface area (Å²) in [6.07, 6.45) is 3.78. The van der Waals surface area contributed by atoms with Crippen molar-refractivity contribution in [1.29, 1.82) is 0 Å². The number of nitrogens with one attached hydrogen (secondary N) is 1. The molecule has 1 heterocycles. The monoisotopic (exact) mass is 227 g/mol. The first-order valence-electron chi connectivity index (χ1n) is 6.64. The van der Waals surface area contributed by atoms with E-state index in [2.05, 4.69) is 50.0 Å². The minimum Gasteiger partial charge on any atom is -0.358 e. The standard InChI is InChI=1S/C16H21N/c1-16(2,3)11-8-9-15-13(10-11)12-6-4-5-7-14(12)17-15/h4-7,11,17H,8-10H2,1-3H3. The van der Waals surface area contributed by atoms with Crippen molar-refractivity contribution in [1.82, 2.24) is 4.98 Å². The fourth-order valence-electron chi connectivity index (χ4n) is 3.11. The van der Waals surface area contributed by atoms with Crippen LogP contribution in [0.1, 0.15) is 38.4 Å². The number of hydrogen-bond acceptors (Lipinski definition) is 0. The van der Waals surface area contributed by atoms with Crippen LogP contribution in [-0.4, -0.2) is 4.98 Å². The Labute approximate surface area is 103 Å². The van der Waals surface area contributed by atoms with Gasteiger partial charge in [0.05, 0.1) is 0 Å². The number of para-hydroxylation sites is 1. The van der Waals surface area contributed by atoms with E-state index in [1.54, 1.807) is 5.56 Å². The van der Waals surface area contributed by atoms with Crippen molar-refractivity contribution in [3.05, 3.63) is 35.5 Å². The van der Waals surface area contributed by atoms with Gasteiger partial charge >= 0.3 is 0 Å². The Morgan fingerprint density at radius 2 is 1.94 bits per heavy atom. The maximum absolute atomic E-state index is 3.59. The average molecular weight is 227 g/mol. The van der Waals surface area contributed by atoms with E-state index in [9.17, 15) is 0 Å². The molecule has 2 aromatic rings. The third-order valence-corrected chi connectivity index (χ3v) is 4.32. The highest BCUT2D eigenvalue weighted by atomic mass is 14.7. The fourth-order valence-corrected chi connectivity index (χ4v) is 3.11. The predicted octanol–water partition coefficient (Wildman–Crippen LogP) is 4.32. The molecule has 90 valence electrons. The van der Waals surface area contributed by atoms with Crippen LogP contribution in [0, 0.1) is 11.3 Å². The summed E-state index contributed by atoms with van der Waals surface area (Å²) in [6, 6.07) is 8.72. The molecule has 0 spiro atoms. The maximum atomic E-state index is 3.59. The van der Waals surface area contributed by atoms with Crippen molar-refractivity contribution < 1.29 is 0 Å². The lowest BCUT2D eigenvalue weighted by Gasteiger charge is -2.34. The van der Waals surface area contributed by atoms with Crippen molar-refractivity contribution in [3.8, 4) is 0 Å². The molecule has 3 rings (SSSR count). The van der Waals surface area contributed by atoms with Gasteiger partial charge in [-0.15, -0.1) is 0 Å². The van der Waals surface area contributed by atoms with Gasteiger partial charge in [0.2, 0.25) is 0 Å². The van der Waals surface area contributed by atoms with Crippen LogP contribution in [-0.2, 0) is 12.8 Å². The molecule has 0 radical (unpaired) electrons. The normalized spacial score (nSPS) is 20.5. The van der Waals surface area contributed by atoms with Crippen molar-refractivity contribution in [2.24, 2.45) is 11.3 Å². The van der Waals surface area contributed by atoms with E-state index in [1.807, 2.05) is 0 Å². The number of aromatic nitrogens is 1. The van der Waals surface area contributed by atoms with Gasteiger partial charge in [-0.05, 0) is 42.2 Å². The lowest BCUT2D eigenvalue weighted by molar-refractivity contribution is 0.216. The fraction of sp³-hybridized carbons (Fsp3) is 0.500. The molecule has 1 unspecified atom stereocenters. The van der Waals surface area contributed by atoms with Crippen LogP contribution in [0.5, 0.6) is 0 Å². The SMILES string of the molecule is CC(C)(C)C1CCc2[nH]c3ccccc3c2C1. The number of hydrogen-bond donors (Lipinski definition) is 1. The third kappa shape index (κ3) is 1.78. The van der Waals surface area contributed by atoms with Crippen molar-refractivity contribution in [3.63, 3.8) is 0 Å². The number of benzene rings is 1. The maximum Gasteiger partial charge on any atom is 0.0458 e. The molecule has 0 aliphatic heterocycles. The lowest BCUT2D eigenvalue weighted by atomic mass is 9.71. The Hall–Kier alpha value is -1.24. The summed E-state index contributed by atoms with van der Waals surface area (Å²) in [6.45, 7) is 7.12. The molecule has 0 fully saturated rings. The van der Waals surface area contributed by atoms with E-state index < -0.39 is 0 Å². The van der Waals surface area contributed by atoms with Gasteiger partial charge in [-0.1, -0.05) is 39.0 Å². The van der Waals surface area contributed by atoms with E-state index in [4.69, 9.17) is 0 Å². The third-order valence-electron chi connectivity index (χ3n) is 4.32. The number of rotatable bonds is 0. The molecule has 1 aliphatic carbocycles. The molecule has 0 amide bonds. The van der Waals surface area contributed by atoms with Gasteiger partial charge in [0.15, 0.2) is 0 Å². The molecule has 0 saturated heterocycles. The molecule has 1 N–H and O–H groups in total. The van der Waals surface area contributed by atoms with Crippen LogP contribution in [0.4, 0.5) is 0 Å². The van der Waals surface area contributed by atoms with Crippen LogP contribution >= 0.6 is 0 Å². The molecule has 1 aromatic heterocycles. The first-order chi connectivity index (χ1) is 8.05. The molecule has 0 saturated carbocycles. The summed E-state index contributed by atoms with van der Waals surface area (Å²) in [5.74, 6) is 0.814. The van der Waals surface area contributed by atoms with Gasteiger partial charge < -0.3 is 4.98 Å². The minimum absolute atomic E-state index is 0.427. The van der Waals surface area contributed by atoms with Crippen LogP contribution < -0.4 is 0 Å². The summed E-state index contributed by atoms with van der Waals surface area (Å²) in [5, 5.41) is 1.44. The zero-order valence-corrected chi connectivity index (χ0v) is 11.0. The summed E-state index contributed by atoms with van der Waals surface area (Å²) < 4.78 is 0. The number of fused-ring (bicyclic) bond motifs is 3. The summed E-state index contributed by atoms with van der Waals surface area (Å²) in [4.78, 5) is 3.59. The van der Waals surface area contributed by atoms with E-state index >= 15 is 0 Å². The van der Waals surface area contributed by atoms with Crippen LogP contribution in [0.25, 0.3) is 10.9 Å². The van der Waals surface area contributed by atoms with Crippen molar-refractivity contribution in [2.75, 3.05) is 0 Å². The average Bonchev–Trinajstić information content (AvgIpc) is 2.65. The lowest BCUT2D eigenvalue weighted by Crippen LogP contribution is -2.26. The molecule has 1 heteroatoms. The van der Waals surface area contributed by atoms with Crippen LogP contribution in [0.15, 0.2) is 24.3 Å². The molecule has 1 aromatic carbocycles. The van der Waals surface area contributed by atoms with Gasteiger partial charge in [0, 0.05) is 16.6 Å². The van der Waals surface area contributed by atoms with Gasteiger partial charge in [-0.25, -0.2) is 0 Å². The molecule has 0 bridgehead atoms. The molecular formula is C16H21N. The molecule has 1 aliphatic rings. The smallest absolute Gasteiger partial charge is 0.0458 e. The highest BCUT2D eigenvalue weighted by Gasteiger charge is 2.30. The second kappa shape index (κ2) is 3.63. The Morgan fingerprint density at radius 1 is 1.18 bits per heavy atom. The zero-order chi connectivity index (χ0) is 12.0. The van der Waals surface area contributed by atoms with Gasteiger partial charge in [0.25, 0.3) is 0 Å². The predicted molar refractivity (Wildman–Crippen MR) is 73.3 cm³/mol. The highest BCUT2D eigenvalue weighted by molar-refractivity contribution is 5.84. The van der Waals surface area contributed by atoms with E-state index in [1.165, 1.54) is 35.9 Å². The van der Waals surface area contributed by atoms with E-state index in [0.717, 1.165) is 5.92 Å². The summed E-state index contributed by atoms with van der Waals surface area (Å²) in [7, 11) is 0. The largest absolute Gasteiger partial charge is 0.358 e. The Kier molecular flexibility index (Phi) is 2.32. The number of aromatic amines is 1. The van der Waals surface area contributed by atoms with E-state index in [-0.39, 0.29) is 0 Å². The van der Waals surface area contributed by atoms with Crippen LogP contribution in [0.3, 0.4) is 0 Å². The number of aryl methyl sites for hydroxylation is 1. The molecular weight excluding hydrogens is 206 g/mol. The topological polar surface area (TPSA) is 15.8 Å². The first kappa shape index (κ1) is 10.9. The van der Waals surface area contributed by atoms with Gasteiger partial charge in [-0.2, -0.15) is 0 Å². The Morgan fingerprint density at radius 3 is 2.71 bits per heavy atom. The van der Waals surface area contributed by atoms with Gasteiger partial charge in [0.1, 0.15) is 0 Å². The number of H-pyrrole nitrogens is 1.